The van der Waals surface area contributed by atoms with Crippen molar-refractivity contribution in [2.45, 2.75) is 38.1 Å². The van der Waals surface area contributed by atoms with Crippen LogP contribution in [-0.4, -0.2) is 41.6 Å². The van der Waals surface area contributed by atoms with Crippen LogP contribution in [0.3, 0.4) is 0 Å². The Morgan fingerprint density at radius 1 is 1.12 bits per heavy atom. The van der Waals surface area contributed by atoms with Crippen LogP contribution in [0.5, 0.6) is 5.75 Å². The Kier molecular flexibility index (Phi) is 4.18. The zero-order valence-electron chi connectivity index (χ0n) is 14.6. The monoisotopic (exact) mass is 343 g/mol. The van der Waals surface area contributed by atoms with Crippen molar-refractivity contribution in [3.63, 3.8) is 0 Å². The van der Waals surface area contributed by atoms with Gasteiger partial charge in [-0.05, 0) is 74.0 Å². The Labute approximate surface area is 148 Å². The Morgan fingerprint density at radius 2 is 1.76 bits per heavy atom. The Hall–Kier alpha value is -2.04. The van der Waals surface area contributed by atoms with Crippen LogP contribution in [0.2, 0.25) is 0 Å². The minimum absolute atomic E-state index is 0.0123. The van der Waals surface area contributed by atoms with Crippen molar-refractivity contribution in [2.75, 3.05) is 13.7 Å². The number of carboxylic acids is 1. The smallest absolute Gasteiger partial charge is 0.341 e. The standard InChI is InChI=1S/C20H25NO4/c1-21(19-15-6-12-5-13(8-15)9-16(19)7-12)20(24)14-3-2-4-17(10-14)25-11-18(22)23/h2-4,10,12-13,15-16,19H,5-9,11H2,1H3,(H,22,23). The van der Waals surface area contributed by atoms with Crippen LogP contribution in [0.15, 0.2) is 24.3 Å². The highest BCUT2D eigenvalue weighted by Crippen LogP contribution is 2.55. The van der Waals surface area contributed by atoms with Crippen molar-refractivity contribution >= 4 is 11.9 Å². The first-order valence-electron chi connectivity index (χ1n) is 9.23. The summed E-state index contributed by atoms with van der Waals surface area (Å²) in [5, 5.41) is 8.73. The van der Waals surface area contributed by atoms with Gasteiger partial charge in [-0.2, -0.15) is 0 Å². The van der Waals surface area contributed by atoms with Gasteiger partial charge in [0.2, 0.25) is 0 Å². The fraction of sp³-hybridized carbons (Fsp3) is 0.600. The molecule has 0 spiro atoms. The van der Waals surface area contributed by atoms with Crippen molar-refractivity contribution in [1.82, 2.24) is 4.90 Å². The van der Waals surface area contributed by atoms with Crippen LogP contribution < -0.4 is 4.74 Å². The third kappa shape index (κ3) is 3.12. The van der Waals surface area contributed by atoms with E-state index in [0.29, 0.717) is 29.2 Å². The highest BCUT2D eigenvalue weighted by molar-refractivity contribution is 5.94. The van der Waals surface area contributed by atoms with Crippen LogP contribution in [0.1, 0.15) is 42.5 Å². The van der Waals surface area contributed by atoms with Crippen molar-refractivity contribution in [3.8, 4) is 5.75 Å². The predicted molar refractivity (Wildman–Crippen MR) is 92.5 cm³/mol. The van der Waals surface area contributed by atoms with E-state index in [2.05, 4.69) is 0 Å². The highest BCUT2D eigenvalue weighted by atomic mass is 16.5. The van der Waals surface area contributed by atoms with E-state index in [-0.39, 0.29) is 5.91 Å². The van der Waals surface area contributed by atoms with Gasteiger partial charge in [0, 0.05) is 18.7 Å². The number of ether oxygens (including phenoxy) is 1. The maximum Gasteiger partial charge on any atom is 0.341 e. The molecule has 0 heterocycles. The lowest BCUT2D eigenvalue weighted by molar-refractivity contribution is -0.139. The summed E-state index contributed by atoms with van der Waals surface area (Å²) in [6.45, 7) is -0.400. The first kappa shape index (κ1) is 16.4. The van der Waals surface area contributed by atoms with Gasteiger partial charge in [-0.3, -0.25) is 4.79 Å². The van der Waals surface area contributed by atoms with Gasteiger partial charge in [-0.15, -0.1) is 0 Å². The molecule has 0 unspecified atom stereocenters. The van der Waals surface area contributed by atoms with E-state index >= 15 is 0 Å². The van der Waals surface area contributed by atoms with Crippen LogP contribution in [0.4, 0.5) is 0 Å². The number of rotatable bonds is 5. The number of carbonyl (C=O) groups excluding carboxylic acids is 1. The van der Waals surface area contributed by atoms with Gasteiger partial charge in [-0.25, -0.2) is 4.79 Å². The van der Waals surface area contributed by atoms with Gasteiger partial charge in [0.25, 0.3) is 5.91 Å². The quantitative estimate of drug-likeness (QED) is 0.892. The molecule has 0 atom stereocenters. The molecule has 25 heavy (non-hydrogen) atoms. The average Bonchev–Trinajstić information content (AvgIpc) is 2.58. The molecule has 4 saturated carbocycles. The molecule has 4 bridgehead atoms. The Morgan fingerprint density at radius 3 is 2.36 bits per heavy atom. The summed E-state index contributed by atoms with van der Waals surface area (Å²) in [6.07, 6.45) is 6.50. The summed E-state index contributed by atoms with van der Waals surface area (Å²) in [5.74, 6) is 2.48. The van der Waals surface area contributed by atoms with E-state index in [1.165, 1.54) is 32.1 Å². The molecule has 1 aromatic rings. The van der Waals surface area contributed by atoms with Crippen molar-refractivity contribution < 1.29 is 19.4 Å². The molecule has 0 aliphatic heterocycles. The number of aliphatic carboxylic acids is 1. The first-order valence-corrected chi connectivity index (χ1v) is 9.23. The Balaban J connectivity index is 1.49. The van der Waals surface area contributed by atoms with Gasteiger partial charge >= 0.3 is 5.97 Å². The molecule has 4 fully saturated rings. The lowest BCUT2D eigenvalue weighted by Crippen LogP contribution is -2.56. The molecule has 1 amide bonds. The summed E-state index contributed by atoms with van der Waals surface area (Å²) in [5.41, 5.74) is 0.569. The molecule has 4 aliphatic rings. The summed E-state index contributed by atoms with van der Waals surface area (Å²) in [7, 11) is 1.93. The molecule has 5 nitrogen and oxygen atoms in total. The first-order chi connectivity index (χ1) is 12.0. The fourth-order valence-corrected chi connectivity index (χ4v) is 5.73. The summed E-state index contributed by atoms with van der Waals surface area (Å²) in [6, 6.07) is 7.21. The second-order valence-corrected chi connectivity index (χ2v) is 8.05. The summed E-state index contributed by atoms with van der Waals surface area (Å²) in [4.78, 5) is 25.6. The number of hydrogen-bond acceptors (Lipinski definition) is 3. The number of nitrogens with zero attached hydrogens (tertiary/aromatic N) is 1. The molecule has 1 aromatic carbocycles. The van der Waals surface area contributed by atoms with Crippen molar-refractivity contribution in [2.24, 2.45) is 23.7 Å². The van der Waals surface area contributed by atoms with E-state index in [0.717, 1.165) is 11.8 Å². The molecule has 0 saturated heterocycles. The zero-order chi connectivity index (χ0) is 17.6. The van der Waals surface area contributed by atoms with Gasteiger partial charge in [0.05, 0.1) is 0 Å². The Bertz CT molecular complexity index is 658. The third-order valence-electron chi connectivity index (χ3n) is 6.39. The molecule has 5 rings (SSSR count). The number of benzene rings is 1. The maximum atomic E-state index is 13.0. The molecule has 1 N–H and O–H groups in total. The van der Waals surface area contributed by atoms with E-state index < -0.39 is 12.6 Å². The van der Waals surface area contributed by atoms with Crippen LogP contribution in [0, 0.1) is 23.7 Å². The largest absolute Gasteiger partial charge is 0.482 e. The molecule has 5 heteroatoms. The highest BCUT2D eigenvalue weighted by Gasteiger charge is 2.50. The molecule has 134 valence electrons. The molecule has 0 radical (unpaired) electrons. The lowest BCUT2D eigenvalue weighted by Gasteiger charge is -2.56. The average molecular weight is 343 g/mol. The van der Waals surface area contributed by atoms with Gasteiger partial charge in [0.1, 0.15) is 5.75 Å². The number of carboxylic acid groups (broad SMARTS) is 1. The van der Waals surface area contributed by atoms with E-state index in [9.17, 15) is 9.59 Å². The number of amides is 1. The topological polar surface area (TPSA) is 66.8 Å². The van der Waals surface area contributed by atoms with Gasteiger partial charge in [-0.1, -0.05) is 6.07 Å². The number of hydrogen-bond donors (Lipinski definition) is 1. The third-order valence-corrected chi connectivity index (χ3v) is 6.39. The van der Waals surface area contributed by atoms with Crippen LogP contribution in [-0.2, 0) is 4.79 Å². The fourth-order valence-electron chi connectivity index (χ4n) is 5.73. The molecular formula is C20H25NO4. The predicted octanol–water partition coefficient (Wildman–Crippen LogP) is 3.05. The lowest BCUT2D eigenvalue weighted by atomic mass is 9.54. The zero-order valence-corrected chi connectivity index (χ0v) is 14.6. The number of carbonyl (C=O) groups is 2. The van der Waals surface area contributed by atoms with Gasteiger partial charge < -0.3 is 14.7 Å². The van der Waals surface area contributed by atoms with E-state index in [4.69, 9.17) is 9.84 Å². The minimum Gasteiger partial charge on any atom is -0.482 e. The second-order valence-electron chi connectivity index (χ2n) is 8.05. The second kappa shape index (κ2) is 6.36. The van der Waals surface area contributed by atoms with Crippen molar-refractivity contribution in [3.05, 3.63) is 29.8 Å². The van der Waals surface area contributed by atoms with E-state index in [1.807, 2.05) is 11.9 Å². The normalized spacial score (nSPS) is 32.4. The summed E-state index contributed by atoms with van der Waals surface area (Å²) < 4.78 is 5.21. The molecule has 4 aliphatic carbocycles. The van der Waals surface area contributed by atoms with Gasteiger partial charge in [0.15, 0.2) is 6.61 Å². The van der Waals surface area contributed by atoms with Crippen LogP contribution >= 0.6 is 0 Å². The maximum absolute atomic E-state index is 13.0. The van der Waals surface area contributed by atoms with E-state index in [1.54, 1.807) is 24.3 Å². The SMILES string of the molecule is CN(C(=O)c1cccc(OCC(=O)O)c1)C1C2CC3CC(C2)CC1C3. The molecular weight excluding hydrogens is 318 g/mol. The van der Waals surface area contributed by atoms with Crippen molar-refractivity contribution in [1.29, 1.82) is 0 Å². The molecule has 0 aromatic heterocycles. The van der Waals surface area contributed by atoms with Crippen LogP contribution in [0.25, 0.3) is 0 Å². The summed E-state index contributed by atoms with van der Waals surface area (Å²) >= 11 is 0. The minimum atomic E-state index is -1.03.